The molecule has 0 unspecified atom stereocenters. The van der Waals surface area contributed by atoms with Gasteiger partial charge >= 0.3 is 0 Å². The van der Waals surface area contributed by atoms with Crippen molar-refractivity contribution in [2.24, 2.45) is 5.41 Å². The second kappa shape index (κ2) is 6.01. The van der Waals surface area contributed by atoms with Crippen LogP contribution in [0.2, 0.25) is 0 Å². The lowest BCUT2D eigenvalue weighted by Gasteiger charge is -2.17. The van der Waals surface area contributed by atoms with Crippen molar-refractivity contribution in [2.45, 2.75) is 33.1 Å². The molecule has 0 spiro atoms. The Morgan fingerprint density at radius 3 is 2.73 bits per heavy atom. The summed E-state index contributed by atoms with van der Waals surface area (Å²) in [6, 6.07) is 3.86. The minimum atomic E-state index is 0.254. The Morgan fingerprint density at radius 1 is 1.27 bits per heavy atom. The van der Waals surface area contributed by atoms with Gasteiger partial charge in [-0.25, -0.2) is 9.97 Å². The van der Waals surface area contributed by atoms with Gasteiger partial charge in [-0.05, 0) is 50.7 Å². The van der Waals surface area contributed by atoms with E-state index in [1.165, 1.54) is 12.8 Å². The summed E-state index contributed by atoms with van der Waals surface area (Å²) in [5, 5.41) is 12.6. The predicted molar refractivity (Wildman–Crippen MR) is 86.6 cm³/mol. The number of rotatable bonds is 6. The van der Waals surface area contributed by atoms with Crippen LogP contribution in [0.5, 0.6) is 0 Å². The number of anilines is 1. The third-order valence-electron chi connectivity index (χ3n) is 4.54. The van der Waals surface area contributed by atoms with E-state index in [9.17, 15) is 5.11 Å². The van der Waals surface area contributed by atoms with E-state index >= 15 is 0 Å². The lowest BCUT2D eigenvalue weighted by molar-refractivity contribution is 0.253. The van der Waals surface area contributed by atoms with Crippen LogP contribution in [0.3, 0.4) is 0 Å². The number of nitrogens with one attached hydrogen (secondary N) is 1. The molecule has 2 heterocycles. The highest BCUT2D eigenvalue weighted by Gasteiger charge is 2.41. The Hall–Kier alpha value is -2.01. The third kappa shape index (κ3) is 3.09. The Balaban J connectivity index is 1.83. The zero-order chi connectivity index (χ0) is 15.6. The van der Waals surface area contributed by atoms with E-state index in [1.54, 1.807) is 12.4 Å². The Labute approximate surface area is 130 Å². The fourth-order valence-electron chi connectivity index (χ4n) is 2.63. The molecule has 5 nitrogen and oxygen atoms in total. The summed E-state index contributed by atoms with van der Waals surface area (Å²) >= 11 is 0. The highest BCUT2D eigenvalue weighted by atomic mass is 16.3. The summed E-state index contributed by atoms with van der Waals surface area (Å²) < 4.78 is 0. The standard InChI is InChI=1S/C17H22N4O/c1-12-13(2)20-16(14-4-3-8-18-10-14)21-15(12)19-11-17(5-6-17)7-9-22/h3-4,8,10,22H,5-7,9,11H2,1-2H3,(H,19,20,21). The molecule has 0 radical (unpaired) electrons. The monoisotopic (exact) mass is 298 g/mol. The number of hydrogen-bond acceptors (Lipinski definition) is 5. The van der Waals surface area contributed by atoms with Gasteiger partial charge in [-0.3, -0.25) is 4.98 Å². The molecule has 22 heavy (non-hydrogen) atoms. The van der Waals surface area contributed by atoms with Crippen molar-refractivity contribution in [1.82, 2.24) is 15.0 Å². The molecule has 3 rings (SSSR count). The fourth-order valence-corrected chi connectivity index (χ4v) is 2.63. The summed E-state index contributed by atoms with van der Waals surface area (Å²) in [6.45, 7) is 5.15. The first-order valence-corrected chi connectivity index (χ1v) is 7.74. The lowest BCUT2D eigenvalue weighted by Crippen LogP contribution is -2.18. The average molecular weight is 298 g/mol. The Morgan fingerprint density at radius 2 is 2.09 bits per heavy atom. The van der Waals surface area contributed by atoms with E-state index in [0.717, 1.165) is 35.6 Å². The molecule has 2 N–H and O–H groups in total. The van der Waals surface area contributed by atoms with Gasteiger partial charge in [0, 0.05) is 42.4 Å². The molecule has 2 aromatic rings. The SMILES string of the molecule is Cc1nc(-c2cccnc2)nc(NCC2(CCO)CC2)c1C. The van der Waals surface area contributed by atoms with Gasteiger partial charge in [0.1, 0.15) is 5.82 Å². The second-order valence-electron chi connectivity index (χ2n) is 6.18. The molecule has 0 amide bonds. The van der Waals surface area contributed by atoms with E-state index in [2.05, 4.69) is 20.3 Å². The van der Waals surface area contributed by atoms with Crippen molar-refractivity contribution in [3.63, 3.8) is 0 Å². The van der Waals surface area contributed by atoms with E-state index in [0.29, 0.717) is 5.82 Å². The van der Waals surface area contributed by atoms with Crippen molar-refractivity contribution in [3.8, 4) is 11.4 Å². The zero-order valence-corrected chi connectivity index (χ0v) is 13.1. The fraction of sp³-hybridized carbons (Fsp3) is 0.471. The van der Waals surface area contributed by atoms with Crippen molar-refractivity contribution in [2.75, 3.05) is 18.5 Å². The maximum absolute atomic E-state index is 9.17. The molecule has 1 saturated carbocycles. The summed E-state index contributed by atoms with van der Waals surface area (Å²) in [7, 11) is 0. The zero-order valence-electron chi connectivity index (χ0n) is 13.1. The third-order valence-corrected chi connectivity index (χ3v) is 4.54. The van der Waals surface area contributed by atoms with E-state index in [-0.39, 0.29) is 12.0 Å². The summed E-state index contributed by atoms with van der Waals surface area (Å²) in [4.78, 5) is 13.4. The van der Waals surface area contributed by atoms with Crippen LogP contribution in [0.4, 0.5) is 5.82 Å². The molecular weight excluding hydrogens is 276 g/mol. The molecule has 5 heteroatoms. The van der Waals surface area contributed by atoms with Crippen LogP contribution in [0.15, 0.2) is 24.5 Å². The minimum Gasteiger partial charge on any atom is -0.396 e. The smallest absolute Gasteiger partial charge is 0.163 e. The van der Waals surface area contributed by atoms with Gasteiger partial charge in [-0.15, -0.1) is 0 Å². The van der Waals surface area contributed by atoms with Crippen LogP contribution in [-0.4, -0.2) is 33.2 Å². The number of hydrogen-bond donors (Lipinski definition) is 2. The maximum atomic E-state index is 9.17. The number of aromatic nitrogens is 3. The number of nitrogens with zero attached hydrogens (tertiary/aromatic N) is 3. The van der Waals surface area contributed by atoms with E-state index in [4.69, 9.17) is 0 Å². The summed E-state index contributed by atoms with van der Waals surface area (Å²) in [5.41, 5.74) is 3.23. The quantitative estimate of drug-likeness (QED) is 0.858. The molecule has 116 valence electrons. The van der Waals surface area contributed by atoms with E-state index in [1.807, 2.05) is 26.0 Å². The van der Waals surface area contributed by atoms with Crippen molar-refractivity contribution in [3.05, 3.63) is 35.8 Å². The highest BCUT2D eigenvalue weighted by Crippen LogP contribution is 2.48. The van der Waals surface area contributed by atoms with Crippen molar-refractivity contribution < 1.29 is 5.11 Å². The van der Waals surface area contributed by atoms with E-state index < -0.39 is 0 Å². The van der Waals surface area contributed by atoms with Gasteiger partial charge in [-0.2, -0.15) is 0 Å². The number of aliphatic hydroxyl groups is 1. The molecule has 1 aliphatic carbocycles. The van der Waals surface area contributed by atoms with Gasteiger partial charge in [0.15, 0.2) is 5.82 Å². The van der Waals surface area contributed by atoms with Crippen molar-refractivity contribution in [1.29, 1.82) is 0 Å². The van der Waals surface area contributed by atoms with Gasteiger partial charge in [0.05, 0.1) is 0 Å². The minimum absolute atomic E-state index is 0.254. The summed E-state index contributed by atoms with van der Waals surface area (Å²) in [6.07, 6.45) is 6.74. The number of pyridine rings is 1. The molecular formula is C17H22N4O. The molecule has 0 aliphatic heterocycles. The predicted octanol–water partition coefficient (Wildman–Crippen LogP) is 2.73. The second-order valence-corrected chi connectivity index (χ2v) is 6.18. The lowest BCUT2D eigenvalue weighted by atomic mass is 10.0. The van der Waals surface area contributed by atoms with Gasteiger partial charge in [0.25, 0.3) is 0 Å². The average Bonchev–Trinajstić information content (AvgIpc) is 3.30. The van der Waals surface area contributed by atoms with Crippen LogP contribution in [-0.2, 0) is 0 Å². The Bertz CT molecular complexity index is 653. The normalized spacial score (nSPS) is 15.6. The molecule has 1 fully saturated rings. The summed E-state index contributed by atoms with van der Waals surface area (Å²) in [5.74, 6) is 1.58. The molecule has 0 aromatic carbocycles. The maximum Gasteiger partial charge on any atom is 0.163 e. The van der Waals surface area contributed by atoms with Crippen LogP contribution >= 0.6 is 0 Å². The van der Waals surface area contributed by atoms with Crippen LogP contribution in [0.25, 0.3) is 11.4 Å². The molecule has 2 aromatic heterocycles. The van der Waals surface area contributed by atoms with Crippen molar-refractivity contribution >= 4 is 5.82 Å². The van der Waals surface area contributed by atoms with Gasteiger partial charge in [0.2, 0.25) is 0 Å². The molecule has 0 atom stereocenters. The molecule has 0 saturated heterocycles. The first kappa shape index (κ1) is 14.9. The largest absolute Gasteiger partial charge is 0.396 e. The number of aliphatic hydroxyl groups excluding tert-OH is 1. The van der Waals surface area contributed by atoms with Crippen LogP contribution < -0.4 is 5.32 Å². The van der Waals surface area contributed by atoms with Crippen LogP contribution in [0.1, 0.15) is 30.5 Å². The van der Waals surface area contributed by atoms with Crippen LogP contribution in [0, 0.1) is 19.3 Å². The first-order chi connectivity index (χ1) is 10.6. The highest BCUT2D eigenvalue weighted by molar-refractivity contribution is 5.58. The molecule has 0 bridgehead atoms. The number of aryl methyl sites for hydroxylation is 1. The van der Waals surface area contributed by atoms with Gasteiger partial charge < -0.3 is 10.4 Å². The van der Waals surface area contributed by atoms with Gasteiger partial charge in [-0.1, -0.05) is 0 Å². The first-order valence-electron chi connectivity index (χ1n) is 7.74. The topological polar surface area (TPSA) is 70.9 Å². The molecule has 1 aliphatic rings. The Kier molecular flexibility index (Phi) is 4.07.